The van der Waals surface area contributed by atoms with Crippen LogP contribution in [-0.4, -0.2) is 52.3 Å². The second kappa shape index (κ2) is 3.87. The summed E-state index contributed by atoms with van der Waals surface area (Å²) in [5.41, 5.74) is -0.551. The average Bonchev–Trinajstić information content (AvgIpc) is 2.72. The Morgan fingerprint density at radius 3 is 2.53 bits per heavy atom. The van der Waals surface area contributed by atoms with E-state index in [2.05, 4.69) is 5.32 Å². The summed E-state index contributed by atoms with van der Waals surface area (Å²) in [6, 6.07) is -0.873. The highest BCUT2D eigenvalue weighted by Gasteiger charge is 2.50. The molecule has 0 spiro atoms. The maximum atomic E-state index is 11.9. The molecule has 0 saturated carbocycles. The van der Waals surface area contributed by atoms with Crippen LogP contribution in [0.25, 0.3) is 0 Å². The molecule has 2 saturated heterocycles. The summed E-state index contributed by atoms with van der Waals surface area (Å²) < 4.78 is 5.27. The van der Waals surface area contributed by atoms with Crippen LogP contribution in [-0.2, 0) is 9.53 Å². The molecular formula is C11H18N2O4. The van der Waals surface area contributed by atoms with Crippen LogP contribution in [0.2, 0.25) is 0 Å². The standard InChI is InChI=1S/C11H18N2O4/c1-11(2,3)17-10(16)13-5-6-4-7(13)8(12-6)9(14)15/h6-8,12H,4-5H2,1-3H3,(H,14,15). The van der Waals surface area contributed by atoms with Crippen LogP contribution < -0.4 is 5.32 Å². The number of fused-ring (bicyclic) bond motifs is 2. The number of carboxylic acids is 1. The predicted molar refractivity (Wildman–Crippen MR) is 59.7 cm³/mol. The lowest BCUT2D eigenvalue weighted by molar-refractivity contribution is -0.140. The Hall–Kier alpha value is -1.30. The summed E-state index contributed by atoms with van der Waals surface area (Å²) in [6.07, 6.45) is 0.272. The van der Waals surface area contributed by atoms with E-state index in [1.165, 1.54) is 4.90 Å². The van der Waals surface area contributed by atoms with Gasteiger partial charge in [-0.3, -0.25) is 10.1 Å². The molecule has 2 aliphatic heterocycles. The van der Waals surface area contributed by atoms with Crippen molar-refractivity contribution >= 4 is 12.1 Å². The van der Waals surface area contributed by atoms with Crippen molar-refractivity contribution in [2.45, 2.75) is 50.9 Å². The van der Waals surface area contributed by atoms with E-state index in [4.69, 9.17) is 9.84 Å². The van der Waals surface area contributed by atoms with Crippen LogP contribution in [0.1, 0.15) is 27.2 Å². The third-order valence-corrected chi connectivity index (χ3v) is 3.04. The maximum Gasteiger partial charge on any atom is 0.410 e. The van der Waals surface area contributed by atoms with Crippen LogP contribution in [0, 0.1) is 0 Å². The van der Waals surface area contributed by atoms with Gasteiger partial charge in [0.1, 0.15) is 11.6 Å². The Balaban J connectivity index is 2.04. The first-order chi connectivity index (χ1) is 7.78. The van der Waals surface area contributed by atoms with E-state index >= 15 is 0 Å². The third kappa shape index (κ3) is 2.36. The molecule has 6 heteroatoms. The van der Waals surface area contributed by atoms with Gasteiger partial charge in [-0.25, -0.2) is 4.79 Å². The van der Waals surface area contributed by atoms with Crippen LogP contribution in [0.4, 0.5) is 4.79 Å². The number of amides is 1. The number of ether oxygens (including phenoxy) is 1. The Labute approximate surface area is 99.9 Å². The highest BCUT2D eigenvalue weighted by Crippen LogP contribution is 2.29. The normalized spacial score (nSPS) is 31.7. The van der Waals surface area contributed by atoms with E-state index in [9.17, 15) is 9.59 Å². The molecule has 0 aromatic rings. The number of likely N-dealkylation sites (tertiary alicyclic amines) is 1. The maximum absolute atomic E-state index is 11.9. The average molecular weight is 242 g/mol. The van der Waals surface area contributed by atoms with Gasteiger partial charge in [0.2, 0.25) is 0 Å². The molecule has 0 aromatic heterocycles. The van der Waals surface area contributed by atoms with Gasteiger partial charge in [-0.1, -0.05) is 0 Å². The zero-order valence-corrected chi connectivity index (χ0v) is 10.3. The largest absolute Gasteiger partial charge is 0.480 e. The second-order valence-corrected chi connectivity index (χ2v) is 5.62. The first-order valence-electron chi connectivity index (χ1n) is 5.76. The molecule has 2 aliphatic rings. The number of carboxylic acid groups (broad SMARTS) is 1. The van der Waals surface area contributed by atoms with Crippen molar-refractivity contribution in [3.05, 3.63) is 0 Å². The Morgan fingerprint density at radius 2 is 2.06 bits per heavy atom. The fraction of sp³-hybridized carbons (Fsp3) is 0.818. The predicted octanol–water partition coefficient (Wildman–Crippen LogP) is 0.421. The number of piperazine rings is 1. The number of nitrogens with one attached hydrogen (secondary N) is 1. The van der Waals surface area contributed by atoms with Gasteiger partial charge >= 0.3 is 12.1 Å². The van der Waals surface area contributed by atoms with E-state index < -0.39 is 23.7 Å². The molecule has 2 fully saturated rings. The monoisotopic (exact) mass is 242 g/mol. The van der Waals surface area contributed by atoms with E-state index in [1.54, 1.807) is 20.8 Å². The van der Waals surface area contributed by atoms with Gasteiger partial charge in [-0.15, -0.1) is 0 Å². The quantitative estimate of drug-likeness (QED) is 0.696. The highest BCUT2D eigenvalue weighted by molar-refractivity contribution is 5.78. The number of rotatable bonds is 1. The molecule has 2 N–H and O–H groups in total. The molecule has 2 rings (SSSR count). The summed E-state index contributed by atoms with van der Waals surface area (Å²) in [5.74, 6) is -0.911. The molecule has 0 aromatic carbocycles. The zero-order valence-electron chi connectivity index (χ0n) is 10.3. The number of carbonyl (C=O) groups is 2. The van der Waals surface area contributed by atoms with E-state index in [0.29, 0.717) is 13.0 Å². The number of nitrogens with zero attached hydrogens (tertiary/aromatic N) is 1. The minimum atomic E-state index is -0.911. The molecular weight excluding hydrogens is 224 g/mol. The van der Waals surface area contributed by atoms with Crippen LogP contribution in [0.15, 0.2) is 0 Å². The smallest absolute Gasteiger partial charge is 0.410 e. The third-order valence-electron chi connectivity index (χ3n) is 3.04. The summed E-state index contributed by atoms with van der Waals surface area (Å²) >= 11 is 0. The summed E-state index contributed by atoms with van der Waals surface area (Å²) in [5, 5.41) is 12.0. The van der Waals surface area contributed by atoms with Crippen LogP contribution in [0.3, 0.4) is 0 Å². The van der Waals surface area contributed by atoms with Crippen LogP contribution >= 0.6 is 0 Å². The number of carbonyl (C=O) groups excluding carboxylic acids is 1. The fourth-order valence-corrected chi connectivity index (χ4v) is 2.43. The SMILES string of the molecule is CC(C)(C)OC(=O)N1CC2CC1C(C(=O)O)N2. The number of aliphatic carboxylic acids is 1. The summed E-state index contributed by atoms with van der Waals surface area (Å²) in [6.45, 7) is 5.92. The van der Waals surface area contributed by atoms with Gasteiger partial charge < -0.3 is 14.7 Å². The second-order valence-electron chi connectivity index (χ2n) is 5.62. The molecule has 6 nitrogen and oxygen atoms in total. The van der Waals surface area contributed by atoms with Crippen molar-refractivity contribution in [3.63, 3.8) is 0 Å². The van der Waals surface area contributed by atoms with Crippen LogP contribution in [0.5, 0.6) is 0 Å². The molecule has 1 amide bonds. The van der Waals surface area contributed by atoms with Gasteiger partial charge in [0.25, 0.3) is 0 Å². The van der Waals surface area contributed by atoms with Gasteiger partial charge in [0.05, 0.1) is 6.04 Å². The zero-order chi connectivity index (χ0) is 12.8. The molecule has 2 heterocycles. The number of hydrogen-bond donors (Lipinski definition) is 2. The highest BCUT2D eigenvalue weighted by atomic mass is 16.6. The molecule has 2 bridgehead atoms. The minimum Gasteiger partial charge on any atom is -0.480 e. The van der Waals surface area contributed by atoms with Gasteiger partial charge in [-0.05, 0) is 27.2 Å². The summed E-state index contributed by atoms with van der Waals surface area (Å²) in [4.78, 5) is 24.4. The Morgan fingerprint density at radius 1 is 1.41 bits per heavy atom. The molecule has 3 unspecified atom stereocenters. The van der Waals surface area contributed by atoms with Crippen molar-refractivity contribution in [2.75, 3.05) is 6.54 Å². The van der Waals surface area contributed by atoms with Gasteiger partial charge in [0.15, 0.2) is 0 Å². The van der Waals surface area contributed by atoms with Gasteiger partial charge in [0, 0.05) is 12.6 Å². The molecule has 0 aliphatic carbocycles. The Bertz CT molecular complexity index is 350. The lowest BCUT2D eigenvalue weighted by Crippen LogP contribution is -2.56. The van der Waals surface area contributed by atoms with Crippen molar-refractivity contribution in [2.24, 2.45) is 0 Å². The first-order valence-corrected chi connectivity index (χ1v) is 5.76. The number of hydrogen-bond acceptors (Lipinski definition) is 4. The van der Waals surface area contributed by atoms with Crippen molar-refractivity contribution < 1.29 is 19.4 Å². The van der Waals surface area contributed by atoms with Crippen molar-refractivity contribution in [1.82, 2.24) is 10.2 Å². The van der Waals surface area contributed by atoms with Crippen molar-refractivity contribution in [1.29, 1.82) is 0 Å². The van der Waals surface area contributed by atoms with E-state index in [0.717, 1.165) is 0 Å². The summed E-state index contributed by atoms with van der Waals surface area (Å²) in [7, 11) is 0. The molecule has 17 heavy (non-hydrogen) atoms. The topological polar surface area (TPSA) is 78.9 Å². The lowest BCUT2D eigenvalue weighted by atomic mass is 10.1. The van der Waals surface area contributed by atoms with E-state index in [1.807, 2.05) is 0 Å². The molecule has 3 atom stereocenters. The van der Waals surface area contributed by atoms with Crippen molar-refractivity contribution in [3.8, 4) is 0 Å². The fourth-order valence-electron chi connectivity index (χ4n) is 2.43. The first kappa shape index (κ1) is 12.2. The van der Waals surface area contributed by atoms with Gasteiger partial charge in [-0.2, -0.15) is 0 Å². The molecule has 0 radical (unpaired) electrons. The minimum absolute atomic E-state index is 0.0774. The lowest BCUT2D eigenvalue weighted by Gasteiger charge is -2.33. The Kier molecular flexibility index (Phi) is 2.77. The molecule has 96 valence electrons. The van der Waals surface area contributed by atoms with E-state index in [-0.39, 0.29) is 12.1 Å².